The summed E-state index contributed by atoms with van der Waals surface area (Å²) in [6.07, 6.45) is 5.75. The topological polar surface area (TPSA) is 9.23 Å². The van der Waals surface area contributed by atoms with Crippen molar-refractivity contribution in [2.75, 3.05) is 6.61 Å². The molecule has 22 heavy (non-hydrogen) atoms. The molecule has 2 atom stereocenters. The minimum absolute atomic E-state index is 0.161. The fourth-order valence-electron chi connectivity index (χ4n) is 3.25. The first-order chi connectivity index (χ1) is 10.4. The van der Waals surface area contributed by atoms with Crippen LogP contribution in [0.25, 0.3) is 0 Å². The minimum Gasteiger partial charge on any atom is -0.372 e. The van der Waals surface area contributed by atoms with Gasteiger partial charge in [0.05, 0.1) is 12.7 Å². The predicted octanol–water partition coefficient (Wildman–Crippen LogP) is 6.09. The van der Waals surface area contributed by atoms with E-state index in [0.29, 0.717) is 5.92 Å². The van der Waals surface area contributed by atoms with Crippen LogP contribution in [0.1, 0.15) is 58.6 Å². The molecule has 2 rings (SSSR count). The summed E-state index contributed by atoms with van der Waals surface area (Å²) in [4.78, 5) is 0. The van der Waals surface area contributed by atoms with Crippen molar-refractivity contribution in [3.63, 3.8) is 0 Å². The van der Waals surface area contributed by atoms with Gasteiger partial charge < -0.3 is 4.74 Å². The third-order valence-corrected chi connectivity index (χ3v) is 4.46. The normalized spacial score (nSPS) is 23.8. The Morgan fingerprint density at radius 3 is 2.59 bits per heavy atom. The summed E-state index contributed by atoms with van der Waals surface area (Å²) in [5.74, 6) is 0.414. The second-order valence-corrected chi connectivity index (χ2v) is 7.60. The largest absolute Gasteiger partial charge is 0.372 e. The highest BCUT2D eigenvalue weighted by Gasteiger charge is 2.37. The first kappa shape index (κ1) is 17.0. The van der Waals surface area contributed by atoms with Gasteiger partial charge in [-0.15, -0.1) is 0 Å². The lowest BCUT2D eigenvalue weighted by atomic mass is 9.73. The van der Waals surface area contributed by atoms with Gasteiger partial charge in [-0.1, -0.05) is 68.0 Å². The molecule has 0 bridgehead atoms. The van der Waals surface area contributed by atoms with Crippen molar-refractivity contribution in [1.82, 2.24) is 0 Å². The molecular formula is C21H30O. The smallest absolute Gasteiger partial charge is 0.0890 e. The Morgan fingerprint density at radius 1 is 1.27 bits per heavy atom. The van der Waals surface area contributed by atoms with E-state index in [-0.39, 0.29) is 11.5 Å². The molecule has 0 radical (unpaired) electrons. The van der Waals surface area contributed by atoms with Gasteiger partial charge in [0.2, 0.25) is 0 Å². The monoisotopic (exact) mass is 298 g/mol. The third kappa shape index (κ3) is 4.58. The molecule has 1 fully saturated rings. The Bertz CT molecular complexity index is 520. The maximum absolute atomic E-state index is 6.26. The van der Waals surface area contributed by atoms with Gasteiger partial charge in [-0.25, -0.2) is 0 Å². The number of hydrogen-bond donors (Lipinski definition) is 0. The highest BCUT2D eigenvalue weighted by Crippen LogP contribution is 2.45. The molecule has 120 valence electrons. The Hall–Kier alpha value is -1.34. The first-order valence-electron chi connectivity index (χ1n) is 8.37. The number of benzene rings is 1. The molecule has 1 aliphatic heterocycles. The summed E-state index contributed by atoms with van der Waals surface area (Å²) in [5.41, 5.74) is 4.23. The van der Waals surface area contributed by atoms with Gasteiger partial charge in [0.15, 0.2) is 0 Å². The molecule has 1 aliphatic rings. The van der Waals surface area contributed by atoms with Crippen LogP contribution < -0.4 is 0 Å². The van der Waals surface area contributed by atoms with Gasteiger partial charge in [0.25, 0.3) is 0 Å². The van der Waals surface area contributed by atoms with Crippen LogP contribution in [0.5, 0.6) is 0 Å². The van der Waals surface area contributed by atoms with E-state index in [9.17, 15) is 0 Å². The van der Waals surface area contributed by atoms with Crippen molar-refractivity contribution in [3.8, 4) is 0 Å². The number of rotatable bonds is 5. The molecule has 0 aromatic heterocycles. The number of ether oxygens (including phenoxy) is 1. The molecule has 0 N–H and O–H groups in total. The van der Waals surface area contributed by atoms with E-state index >= 15 is 0 Å². The zero-order chi connectivity index (χ0) is 16.2. The van der Waals surface area contributed by atoms with Gasteiger partial charge in [0, 0.05) is 5.92 Å². The number of allylic oxidation sites excluding steroid dienone is 2. The maximum Gasteiger partial charge on any atom is 0.0890 e. The van der Waals surface area contributed by atoms with Crippen LogP contribution in [0.4, 0.5) is 0 Å². The average molecular weight is 298 g/mol. The molecule has 0 aliphatic carbocycles. The van der Waals surface area contributed by atoms with Crippen LogP contribution in [0.2, 0.25) is 0 Å². The molecule has 0 saturated carbocycles. The quantitative estimate of drug-likeness (QED) is 0.597. The van der Waals surface area contributed by atoms with E-state index in [0.717, 1.165) is 25.9 Å². The zero-order valence-electron chi connectivity index (χ0n) is 14.6. The lowest BCUT2D eigenvalue weighted by Gasteiger charge is -2.42. The zero-order valence-corrected chi connectivity index (χ0v) is 14.6. The molecule has 0 spiro atoms. The summed E-state index contributed by atoms with van der Waals surface area (Å²) in [5, 5.41) is 0. The standard InChI is InChI=1S/C21H30O/c1-16(2)10-9-11-17(3)19-14-21(4,5)15-22-20(19)18-12-7-6-8-13-18/h6-8,10,12-13,19-20H,3,9,11,14-15H2,1-2,4-5H3/t19-,20-/m1/s1. The minimum atomic E-state index is 0.161. The van der Waals surface area contributed by atoms with Gasteiger partial charge >= 0.3 is 0 Å². The van der Waals surface area contributed by atoms with Gasteiger partial charge in [-0.05, 0) is 44.1 Å². The van der Waals surface area contributed by atoms with Crippen molar-refractivity contribution >= 4 is 0 Å². The van der Waals surface area contributed by atoms with Crippen molar-refractivity contribution in [2.24, 2.45) is 11.3 Å². The Labute approximate surface area is 136 Å². The summed E-state index contributed by atoms with van der Waals surface area (Å²) >= 11 is 0. The van der Waals surface area contributed by atoms with Gasteiger partial charge in [-0.2, -0.15) is 0 Å². The van der Waals surface area contributed by atoms with Crippen LogP contribution in [0.15, 0.2) is 54.1 Å². The fourth-order valence-corrected chi connectivity index (χ4v) is 3.25. The van der Waals surface area contributed by atoms with E-state index in [1.807, 2.05) is 0 Å². The molecule has 0 amide bonds. The first-order valence-corrected chi connectivity index (χ1v) is 8.37. The summed E-state index contributed by atoms with van der Waals surface area (Å²) in [7, 11) is 0. The van der Waals surface area contributed by atoms with Crippen LogP contribution in [0, 0.1) is 11.3 Å². The summed E-state index contributed by atoms with van der Waals surface area (Å²) in [6.45, 7) is 14.1. The molecule has 1 heterocycles. The lowest BCUT2D eigenvalue weighted by molar-refractivity contribution is -0.0788. The van der Waals surface area contributed by atoms with Crippen LogP contribution >= 0.6 is 0 Å². The van der Waals surface area contributed by atoms with Crippen molar-refractivity contribution in [2.45, 2.75) is 53.1 Å². The third-order valence-electron chi connectivity index (χ3n) is 4.46. The lowest BCUT2D eigenvalue weighted by Crippen LogP contribution is -2.35. The van der Waals surface area contributed by atoms with E-state index in [1.54, 1.807) is 0 Å². The second-order valence-electron chi connectivity index (χ2n) is 7.60. The molecule has 0 unspecified atom stereocenters. The van der Waals surface area contributed by atoms with Crippen LogP contribution in [0.3, 0.4) is 0 Å². The highest BCUT2D eigenvalue weighted by atomic mass is 16.5. The van der Waals surface area contributed by atoms with Gasteiger partial charge in [-0.3, -0.25) is 0 Å². The maximum atomic E-state index is 6.26. The van der Waals surface area contributed by atoms with Crippen molar-refractivity contribution in [1.29, 1.82) is 0 Å². The summed E-state index contributed by atoms with van der Waals surface area (Å²) in [6, 6.07) is 10.6. The van der Waals surface area contributed by atoms with Gasteiger partial charge in [0.1, 0.15) is 0 Å². The SMILES string of the molecule is C=C(CCC=C(C)C)[C@H]1CC(C)(C)CO[C@@H]1c1ccccc1. The fraction of sp³-hybridized carbons (Fsp3) is 0.524. The molecule has 1 nitrogen and oxygen atoms in total. The summed E-state index contributed by atoms with van der Waals surface area (Å²) < 4.78 is 6.26. The van der Waals surface area contributed by atoms with Crippen LogP contribution in [-0.2, 0) is 4.74 Å². The predicted molar refractivity (Wildman–Crippen MR) is 94.8 cm³/mol. The Kier molecular flexibility index (Phi) is 5.63. The van der Waals surface area contributed by atoms with Crippen molar-refractivity contribution < 1.29 is 4.74 Å². The van der Waals surface area contributed by atoms with E-state index < -0.39 is 0 Å². The Balaban J connectivity index is 2.14. The average Bonchev–Trinajstić information content (AvgIpc) is 2.46. The molecule has 1 aromatic carbocycles. The molecule has 1 aromatic rings. The highest BCUT2D eigenvalue weighted by molar-refractivity contribution is 5.23. The van der Waals surface area contributed by atoms with E-state index in [2.05, 4.69) is 70.7 Å². The van der Waals surface area contributed by atoms with E-state index in [1.165, 1.54) is 16.7 Å². The van der Waals surface area contributed by atoms with Crippen molar-refractivity contribution in [3.05, 3.63) is 59.7 Å². The number of hydrogen-bond acceptors (Lipinski definition) is 1. The van der Waals surface area contributed by atoms with Crippen LogP contribution in [-0.4, -0.2) is 6.61 Å². The molecule has 1 saturated heterocycles. The second kappa shape index (κ2) is 7.28. The Morgan fingerprint density at radius 2 is 1.95 bits per heavy atom. The molecule has 1 heteroatoms. The van der Waals surface area contributed by atoms with E-state index in [4.69, 9.17) is 4.74 Å². The molecular weight excluding hydrogens is 268 g/mol.